The molecule has 114 valence electrons. The summed E-state index contributed by atoms with van der Waals surface area (Å²) in [5, 5.41) is 18.4. The highest BCUT2D eigenvalue weighted by Gasteiger charge is 2.23. The standard InChI is InChI=1S/C16H21NO4/c18-14-4-2-1-3-13(14)11-15(19)17-9-7-12(8-10-17)5-6-16(20)21/h1-4,12,18H,5-11H2,(H,20,21). The van der Waals surface area contributed by atoms with Crippen molar-refractivity contribution >= 4 is 11.9 Å². The van der Waals surface area contributed by atoms with Crippen LogP contribution < -0.4 is 0 Å². The number of aliphatic carboxylic acids is 1. The number of hydrogen-bond donors (Lipinski definition) is 2. The second-order valence-electron chi connectivity index (χ2n) is 5.56. The van der Waals surface area contributed by atoms with E-state index in [2.05, 4.69) is 0 Å². The van der Waals surface area contributed by atoms with Gasteiger partial charge in [0.25, 0.3) is 0 Å². The van der Waals surface area contributed by atoms with Crippen molar-refractivity contribution in [3.63, 3.8) is 0 Å². The number of phenols is 1. The summed E-state index contributed by atoms with van der Waals surface area (Å²) in [6.07, 6.45) is 2.83. The number of para-hydroxylation sites is 1. The number of benzene rings is 1. The Hall–Kier alpha value is -2.04. The summed E-state index contributed by atoms with van der Waals surface area (Å²) in [4.78, 5) is 24.6. The lowest BCUT2D eigenvalue weighted by Crippen LogP contribution is -2.39. The molecule has 1 aliphatic heterocycles. The molecule has 2 rings (SSSR count). The Labute approximate surface area is 124 Å². The van der Waals surface area contributed by atoms with E-state index in [1.807, 2.05) is 4.90 Å². The van der Waals surface area contributed by atoms with E-state index < -0.39 is 5.97 Å². The molecule has 0 saturated carbocycles. The van der Waals surface area contributed by atoms with E-state index in [1.165, 1.54) is 0 Å². The van der Waals surface area contributed by atoms with Gasteiger partial charge in [-0.1, -0.05) is 18.2 Å². The predicted octanol–water partition coefficient (Wildman–Crippen LogP) is 2.04. The molecule has 21 heavy (non-hydrogen) atoms. The fraction of sp³-hybridized carbons (Fsp3) is 0.500. The molecule has 5 nitrogen and oxygen atoms in total. The normalized spacial score (nSPS) is 15.9. The molecule has 1 saturated heterocycles. The van der Waals surface area contributed by atoms with Gasteiger partial charge in [0, 0.05) is 25.1 Å². The van der Waals surface area contributed by atoms with Crippen LogP contribution in [0.3, 0.4) is 0 Å². The van der Waals surface area contributed by atoms with Gasteiger partial charge in [0.2, 0.25) is 5.91 Å². The molecule has 1 fully saturated rings. The predicted molar refractivity (Wildman–Crippen MR) is 78.0 cm³/mol. The first-order valence-corrected chi connectivity index (χ1v) is 7.32. The number of piperidine rings is 1. The van der Waals surface area contributed by atoms with E-state index in [0.29, 0.717) is 31.0 Å². The molecule has 0 spiro atoms. The summed E-state index contributed by atoms with van der Waals surface area (Å²) in [5.74, 6) is -0.182. The van der Waals surface area contributed by atoms with Crippen LogP contribution in [0.25, 0.3) is 0 Å². The van der Waals surface area contributed by atoms with Gasteiger partial charge in [-0.3, -0.25) is 9.59 Å². The Kier molecular flexibility index (Phi) is 5.20. The Balaban J connectivity index is 1.81. The molecule has 1 heterocycles. The second kappa shape index (κ2) is 7.11. The first kappa shape index (κ1) is 15.4. The maximum atomic E-state index is 12.2. The highest BCUT2D eigenvalue weighted by Crippen LogP contribution is 2.23. The SMILES string of the molecule is O=C(O)CCC1CCN(C(=O)Cc2ccccc2O)CC1. The van der Waals surface area contributed by atoms with Crippen LogP contribution in [0.15, 0.2) is 24.3 Å². The van der Waals surface area contributed by atoms with E-state index in [1.54, 1.807) is 24.3 Å². The van der Waals surface area contributed by atoms with Crippen molar-refractivity contribution in [1.29, 1.82) is 0 Å². The third kappa shape index (κ3) is 4.48. The molecule has 0 aliphatic carbocycles. The lowest BCUT2D eigenvalue weighted by Gasteiger charge is -2.32. The van der Waals surface area contributed by atoms with E-state index >= 15 is 0 Å². The first-order chi connectivity index (χ1) is 10.1. The van der Waals surface area contributed by atoms with Gasteiger partial charge in [-0.15, -0.1) is 0 Å². The fourth-order valence-corrected chi connectivity index (χ4v) is 2.73. The van der Waals surface area contributed by atoms with Crippen molar-refractivity contribution in [2.75, 3.05) is 13.1 Å². The number of carbonyl (C=O) groups is 2. The molecular weight excluding hydrogens is 270 g/mol. The van der Waals surface area contributed by atoms with Gasteiger partial charge in [0.15, 0.2) is 0 Å². The van der Waals surface area contributed by atoms with Crippen molar-refractivity contribution in [2.24, 2.45) is 5.92 Å². The number of carboxylic acid groups (broad SMARTS) is 1. The van der Waals surface area contributed by atoms with Crippen LogP contribution in [-0.4, -0.2) is 40.1 Å². The Bertz CT molecular complexity index is 507. The average Bonchev–Trinajstić information content (AvgIpc) is 2.48. The number of amides is 1. The molecular formula is C16H21NO4. The van der Waals surface area contributed by atoms with E-state index in [4.69, 9.17) is 5.11 Å². The first-order valence-electron chi connectivity index (χ1n) is 7.32. The van der Waals surface area contributed by atoms with Crippen LogP contribution in [-0.2, 0) is 16.0 Å². The minimum atomic E-state index is -0.756. The van der Waals surface area contributed by atoms with Crippen molar-refractivity contribution in [3.05, 3.63) is 29.8 Å². The molecule has 2 N–H and O–H groups in total. The van der Waals surface area contributed by atoms with E-state index in [-0.39, 0.29) is 24.5 Å². The highest BCUT2D eigenvalue weighted by atomic mass is 16.4. The summed E-state index contributed by atoms with van der Waals surface area (Å²) in [7, 11) is 0. The molecule has 0 atom stereocenters. The topological polar surface area (TPSA) is 77.8 Å². The molecule has 5 heteroatoms. The van der Waals surface area contributed by atoms with Gasteiger partial charge in [-0.2, -0.15) is 0 Å². The number of likely N-dealkylation sites (tertiary alicyclic amines) is 1. The number of phenolic OH excluding ortho intramolecular Hbond substituents is 1. The summed E-state index contributed by atoms with van der Waals surface area (Å²) >= 11 is 0. The molecule has 1 aliphatic rings. The van der Waals surface area contributed by atoms with Crippen LogP contribution in [0.1, 0.15) is 31.2 Å². The Morgan fingerprint density at radius 2 is 1.86 bits per heavy atom. The van der Waals surface area contributed by atoms with E-state index in [0.717, 1.165) is 12.8 Å². The second-order valence-corrected chi connectivity index (χ2v) is 5.56. The largest absolute Gasteiger partial charge is 0.508 e. The van der Waals surface area contributed by atoms with Gasteiger partial charge in [0.1, 0.15) is 5.75 Å². The minimum absolute atomic E-state index is 0.0215. The zero-order chi connectivity index (χ0) is 15.2. The monoisotopic (exact) mass is 291 g/mol. The summed E-state index contributed by atoms with van der Waals surface area (Å²) < 4.78 is 0. The summed E-state index contributed by atoms with van der Waals surface area (Å²) in [5.41, 5.74) is 0.649. The fourth-order valence-electron chi connectivity index (χ4n) is 2.73. The molecule has 1 aromatic rings. The smallest absolute Gasteiger partial charge is 0.303 e. The molecule has 0 bridgehead atoms. The lowest BCUT2D eigenvalue weighted by atomic mass is 9.92. The molecule has 0 unspecified atom stereocenters. The maximum Gasteiger partial charge on any atom is 0.303 e. The van der Waals surface area contributed by atoms with Crippen molar-refractivity contribution in [1.82, 2.24) is 4.90 Å². The number of carbonyl (C=O) groups excluding carboxylic acids is 1. The van der Waals surface area contributed by atoms with Crippen molar-refractivity contribution in [2.45, 2.75) is 32.1 Å². The van der Waals surface area contributed by atoms with Crippen LogP contribution in [0.4, 0.5) is 0 Å². The summed E-state index contributed by atoms with van der Waals surface area (Å²) in [6.45, 7) is 1.35. The minimum Gasteiger partial charge on any atom is -0.508 e. The lowest BCUT2D eigenvalue weighted by molar-refractivity contribution is -0.138. The molecule has 0 aromatic heterocycles. The zero-order valence-electron chi connectivity index (χ0n) is 12.0. The average molecular weight is 291 g/mol. The van der Waals surface area contributed by atoms with Crippen LogP contribution >= 0.6 is 0 Å². The Morgan fingerprint density at radius 1 is 1.19 bits per heavy atom. The van der Waals surface area contributed by atoms with Gasteiger partial charge in [-0.05, 0) is 31.2 Å². The molecule has 1 aromatic carbocycles. The summed E-state index contributed by atoms with van der Waals surface area (Å²) in [6, 6.07) is 6.88. The van der Waals surface area contributed by atoms with Crippen LogP contribution in [0, 0.1) is 5.92 Å². The van der Waals surface area contributed by atoms with Crippen LogP contribution in [0.5, 0.6) is 5.75 Å². The number of nitrogens with zero attached hydrogens (tertiary/aromatic N) is 1. The third-order valence-electron chi connectivity index (χ3n) is 4.07. The number of hydrogen-bond acceptors (Lipinski definition) is 3. The van der Waals surface area contributed by atoms with Gasteiger partial charge in [0.05, 0.1) is 6.42 Å². The van der Waals surface area contributed by atoms with Crippen molar-refractivity contribution in [3.8, 4) is 5.75 Å². The number of aromatic hydroxyl groups is 1. The molecule has 1 amide bonds. The van der Waals surface area contributed by atoms with Crippen LogP contribution in [0.2, 0.25) is 0 Å². The quantitative estimate of drug-likeness (QED) is 0.870. The zero-order valence-corrected chi connectivity index (χ0v) is 12.0. The van der Waals surface area contributed by atoms with Gasteiger partial charge in [-0.25, -0.2) is 0 Å². The van der Waals surface area contributed by atoms with Gasteiger partial charge < -0.3 is 15.1 Å². The molecule has 0 radical (unpaired) electrons. The van der Waals surface area contributed by atoms with Crippen molar-refractivity contribution < 1.29 is 19.8 Å². The number of carboxylic acids is 1. The van der Waals surface area contributed by atoms with E-state index in [9.17, 15) is 14.7 Å². The third-order valence-corrected chi connectivity index (χ3v) is 4.07. The Morgan fingerprint density at radius 3 is 2.48 bits per heavy atom. The highest BCUT2D eigenvalue weighted by molar-refractivity contribution is 5.79. The number of rotatable bonds is 5. The maximum absolute atomic E-state index is 12.2. The van der Waals surface area contributed by atoms with Gasteiger partial charge >= 0.3 is 5.97 Å².